The van der Waals surface area contributed by atoms with Gasteiger partial charge in [0.05, 0.1) is 5.92 Å². The van der Waals surface area contributed by atoms with Crippen molar-refractivity contribution in [2.45, 2.75) is 31.6 Å². The summed E-state index contributed by atoms with van der Waals surface area (Å²) < 4.78 is 0. The van der Waals surface area contributed by atoms with Crippen LogP contribution < -0.4 is 0 Å². The van der Waals surface area contributed by atoms with Crippen LogP contribution in [0.25, 0.3) is 0 Å². The van der Waals surface area contributed by atoms with Crippen molar-refractivity contribution in [1.29, 1.82) is 0 Å². The molecule has 0 saturated carbocycles. The number of hydrogen-bond acceptors (Lipinski definition) is 3. The minimum atomic E-state index is -0.0246. The molecule has 1 saturated heterocycles. The van der Waals surface area contributed by atoms with Crippen LogP contribution in [0.1, 0.15) is 40.0 Å². The van der Waals surface area contributed by atoms with Crippen molar-refractivity contribution in [2.24, 2.45) is 0 Å². The Labute approximate surface area is 140 Å². The maximum Gasteiger partial charge on any atom is 0.231 e. The van der Waals surface area contributed by atoms with Crippen LogP contribution in [0.2, 0.25) is 0 Å². The quantitative estimate of drug-likeness (QED) is 0.800. The molecule has 4 heteroatoms. The number of carbonyl (C=O) groups excluding carboxylic acids is 1. The number of carbonyl (C=O) groups is 1. The van der Waals surface area contributed by atoms with Crippen LogP contribution in [0.3, 0.4) is 0 Å². The van der Waals surface area contributed by atoms with Gasteiger partial charge < -0.3 is 4.90 Å². The van der Waals surface area contributed by atoms with Crippen LogP contribution in [-0.2, 0) is 4.79 Å². The number of hydrogen-bond donors (Lipinski definition) is 0. The summed E-state index contributed by atoms with van der Waals surface area (Å²) in [5, 5.41) is 0.198. The lowest BCUT2D eigenvalue weighted by molar-refractivity contribution is -0.133. The first kappa shape index (κ1) is 15.6. The van der Waals surface area contributed by atoms with E-state index in [-0.39, 0.29) is 17.2 Å². The van der Waals surface area contributed by atoms with Gasteiger partial charge in [0.15, 0.2) is 0 Å². The van der Waals surface area contributed by atoms with Crippen molar-refractivity contribution >= 4 is 29.0 Å². The van der Waals surface area contributed by atoms with Gasteiger partial charge in [-0.15, -0.1) is 23.1 Å². The highest BCUT2D eigenvalue weighted by molar-refractivity contribution is 7.99. The number of thiophene rings is 1. The molecule has 0 spiro atoms. The Hall–Kier alpha value is -1.26. The molecule has 1 aliphatic rings. The molecule has 116 valence electrons. The predicted molar refractivity (Wildman–Crippen MR) is 95.4 cm³/mol. The molecule has 1 aliphatic heterocycles. The molecule has 0 radical (unpaired) electrons. The third kappa shape index (κ3) is 3.08. The van der Waals surface area contributed by atoms with E-state index >= 15 is 0 Å². The van der Waals surface area contributed by atoms with Crippen LogP contribution in [0, 0.1) is 6.92 Å². The Balaban J connectivity index is 1.83. The first-order valence-electron chi connectivity index (χ1n) is 7.74. The molecule has 2 atom stereocenters. The van der Waals surface area contributed by atoms with Crippen molar-refractivity contribution in [3.63, 3.8) is 0 Å². The molecule has 3 rings (SSSR count). The SMILES string of the molecule is CC[C@@H](C(=O)N1CCS[C@H]1c1ccc(C)s1)c1ccccc1. The van der Waals surface area contributed by atoms with Crippen LogP contribution in [-0.4, -0.2) is 23.1 Å². The summed E-state index contributed by atoms with van der Waals surface area (Å²) in [6, 6.07) is 14.5. The van der Waals surface area contributed by atoms with Gasteiger partial charge in [0, 0.05) is 22.1 Å². The molecule has 1 aromatic carbocycles. The topological polar surface area (TPSA) is 20.3 Å². The molecule has 2 nitrogen and oxygen atoms in total. The third-order valence-electron chi connectivity index (χ3n) is 4.09. The molecule has 1 amide bonds. The lowest BCUT2D eigenvalue weighted by atomic mass is 9.95. The number of rotatable bonds is 4. The van der Waals surface area contributed by atoms with E-state index in [1.165, 1.54) is 9.75 Å². The highest BCUT2D eigenvalue weighted by Crippen LogP contribution is 2.42. The standard InChI is InChI=1S/C18H21NOS2/c1-3-15(14-7-5-4-6-8-14)17(20)19-11-12-21-18(19)16-10-9-13(2)22-16/h4-10,15,18H,3,11-12H2,1-2H3/t15-,18+/m1/s1. The van der Waals surface area contributed by atoms with Crippen molar-refractivity contribution < 1.29 is 4.79 Å². The van der Waals surface area contributed by atoms with Gasteiger partial charge in [-0.25, -0.2) is 0 Å². The summed E-state index contributed by atoms with van der Waals surface area (Å²) in [6.07, 6.45) is 0.847. The molecular formula is C18H21NOS2. The van der Waals surface area contributed by atoms with Gasteiger partial charge in [0.2, 0.25) is 5.91 Å². The summed E-state index contributed by atoms with van der Waals surface area (Å²) in [5.74, 6) is 1.27. The number of thioether (sulfide) groups is 1. The Morgan fingerprint density at radius 2 is 2.05 bits per heavy atom. The van der Waals surface area contributed by atoms with Crippen LogP contribution >= 0.6 is 23.1 Å². The average Bonchev–Trinajstić information content (AvgIpc) is 3.17. The van der Waals surface area contributed by atoms with E-state index < -0.39 is 0 Å². The van der Waals surface area contributed by atoms with E-state index in [1.807, 2.05) is 30.0 Å². The predicted octanol–water partition coefficient (Wildman–Crippen LogP) is 4.82. The fraction of sp³-hybridized carbons (Fsp3) is 0.389. The summed E-state index contributed by atoms with van der Waals surface area (Å²) in [5.41, 5.74) is 1.13. The summed E-state index contributed by atoms with van der Waals surface area (Å²) in [4.78, 5) is 17.8. The minimum Gasteiger partial charge on any atom is -0.324 e. The third-order valence-corrected chi connectivity index (χ3v) is 6.53. The Bertz CT molecular complexity index is 638. The smallest absolute Gasteiger partial charge is 0.231 e. The minimum absolute atomic E-state index is 0.0246. The second-order valence-electron chi connectivity index (χ2n) is 5.57. The van der Waals surface area contributed by atoms with Crippen molar-refractivity contribution in [2.75, 3.05) is 12.3 Å². The molecule has 0 bridgehead atoms. The normalized spacial score (nSPS) is 19.4. The maximum atomic E-state index is 13.1. The molecule has 0 unspecified atom stereocenters. The molecule has 0 aliphatic carbocycles. The lowest BCUT2D eigenvalue weighted by Gasteiger charge is -2.27. The van der Waals surface area contributed by atoms with E-state index in [2.05, 4.69) is 43.0 Å². The fourth-order valence-electron chi connectivity index (χ4n) is 2.96. The summed E-state index contributed by atoms with van der Waals surface area (Å²) in [7, 11) is 0. The summed E-state index contributed by atoms with van der Waals surface area (Å²) in [6.45, 7) is 5.08. The van der Waals surface area contributed by atoms with Gasteiger partial charge in [-0.2, -0.15) is 0 Å². The van der Waals surface area contributed by atoms with Gasteiger partial charge in [-0.05, 0) is 31.0 Å². The lowest BCUT2D eigenvalue weighted by Crippen LogP contribution is -2.34. The van der Waals surface area contributed by atoms with Gasteiger partial charge in [-0.1, -0.05) is 37.3 Å². The van der Waals surface area contributed by atoms with E-state index in [0.29, 0.717) is 0 Å². The average molecular weight is 332 g/mol. The van der Waals surface area contributed by atoms with Crippen molar-refractivity contribution in [3.8, 4) is 0 Å². The van der Waals surface area contributed by atoms with Crippen molar-refractivity contribution in [1.82, 2.24) is 4.90 Å². The zero-order valence-electron chi connectivity index (χ0n) is 13.0. The van der Waals surface area contributed by atoms with Gasteiger partial charge in [0.1, 0.15) is 5.37 Å². The largest absolute Gasteiger partial charge is 0.324 e. The number of nitrogens with zero attached hydrogens (tertiary/aromatic N) is 1. The summed E-state index contributed by atoms with van der Waals surface area (Å²) >= 11 is 3.69. The highest BCUT2D eigenvalue weighted by atomic mass is 32.2. The van der Waals surface area contributed by atoms with Gasteiger partial charge >= 0.3 is 0 Å². The van der Waals surface area contributed by atoms with Crippen LogP contribution in [0.4, 0.5) is 0 Å². The van der Waals surface area contributed by atoms with Crippen LogP contribution in [0.5, 0.6) is 0 Å². The molecule has 0 N–H and O–H groups in total. The number of amides is 1. The second kappa shape index (κ2) is 6.88. The van der Waals surface area contributed by atoms with Crippen LogP contribution in [0.15, 0.2) is 42.5 Å². The second-order valence-corrected chi connectivity index (χ2v) is 8.08. The first-order valence-corrected chi connectivity index (χ1v) is 9.60. The zero-order chi connectivity index (χ0) is 15.5. The van der Waals surface area contributed by atoms with Gasteiger partial charge in [-0.3, -0.25) is 4.79 Å². The first-order chi connectivity index (χ1) is 10.7. The zero-order valence-corrected chi connectivity index (χ0v) is 14.6. The van der Waals surface area contributed by atoms with E-state index in [1.54, 1.807) is 11.3 Å². The molecule has 1 fully saturated rings. The monoisotopic (exact) mass is 331 g/mol. The molecular weight excluding hydrogens is 310 g/mol. The molecule has 2 aromatic rings. The highest BCUT2D eigenvalue weighted by Gasteiger charge is 2.35. The number of benzene rings is 1. The molecule has 2 heterocycles. The van der Waals surface area contributed by atoms with Gasteiger partial charge in [0.25, 0.3) is 0 Å². The maximum absolute atomic E-state index is 13.1. The van der Waals surface area contributed by atoms with E-state index in [4.69, 9.17) is 0 Å². The molecule has 1 aromatic heterocycles. The van der Waals surface area contributed by atoms with E-state index in [9.17, 15) is 4.79 Å². The number of aryl methyl sites for hydroxylation is 1. The Morgan fingerprint density at radius 3 is 2.68 bits per heavy atom. The van der Waals surface area contributed by atoms with Crippen molar-refractivity contribution in [3.05, 3.63) is 57.8 Å². The molecule has 22 heavy (non-hydrogen) atoms. The van der Waals surface area contributed by atoms with E-state index in [0.717, 1.165) is 24.3 Å². The Kier molecular flexibility index (Phi) is 4.89. The Morgan fingerprint density at radius 1 is 1.27 bits per heavy atom. The fourth-order valence-corrected chi connectivity index (χ4v) is 5.33.